The number of methoxy groups -OCH3 is 1. The maximum absolute atomic E-state index is 12.1. The third kappa shape index (κ3) is 3.90. The lowest BCUT2D eigenvalue weighted by Crippen LogP contribution is -2.22. The maximum Gasteiger partial charge on any atom is 0.257 e. The smallest absolute Gasteiger partial charge is 0.257 e. The van der Waals surface area contributed by atoms with Crippen molar-refractivity contribution in [1.82, 2.24) is 10.2 Å². The molecule has 1 amide bonds. The molecule has 1 aromatic rings. The van der Waals surface area contributed by atoms with Crippen molar-refractivity contribution >= 4 is 28.5 Å². The molecule has 0 saturated carbocycles. The lowest BCUT2D eigenvalue weighted by atomic mass is 10.1. The van der Waals surface area contributed by atoms with Crippen LogP contribution >= 0.6 is 11.8 Å². The predicted octanol–water partition coefficient (Wildman–Crippen LogP) is 1.82. The maximum atomic E-state index is 12.1. The van der Waals surface area contributed by atoms with Crippen LogP contribution in [0.25, 0.3) is 0 Å². The first kappa shape index (κ1) is 15.9. The molecule has 7 heteroatoms. The Bertz CT molecular complexity index is 564. The van der Waals surface area contributed by atoms with Gasteiger partial charge in [0, 0.05) is 14.1 Å². The Balaban J connectivity index is 3.23. The van der Waals surface area contributed by atoms with Crippen molar-refractivity contribution in [2.45, 2.75) is 0 Å². The second-order valence-electron chi connectivity index (χ2n) is 3.94. The molecule has 0 bridgehead atoms. The standard InChI is InChI=1S/C13H16N4O2S/c1-17(2)12(18)10-7-9(5-6-11(10)19-3)16-13(20-4)15-8-14/h5-7H,1-4H3,(H,15,16). The van der Waals surface area contributed by atoms with Gasteiger partial charge in [-0.25, -0.2) is 4.99 Å². The van der Waals surface area contributed by atoms with Gasteiger partial charge in [-0.2, -0.15) is 5.26 Å². The fourth-order valence-electron chi connectivity index (χ4n) is 1.46. The molecule has 20 heavy (non-hydrogen) atoms. The van der Waals surface area contributed by atoms with Gasteiger partial charge in [-0.15, -0.1) is 0 Å². The molecular formula is C13H16N4O2S. The van der Waals surface area contributed by atoms with E-state index in [-0.39, 0.29) is 5.91 Å². The molecule has 1 aromatic carbocycles. The minimum atomic E-state index is -0.169. The first-order valence-electron chi connectivity index (χ1n) is 5.71. The van der Waals surface area contributed by atoms with Gasteiger partial charge in [0.1, 0.15) is 5.75 Å². The van der Waals surface area contributed by atoms with Gasteiger partial charge in [-0.05, 0) is 24.5 Å². The summed E-state index contributed by atoms with van der Waals surface area (Å²) in [6.45, 7) is 0. The Morgan fingerprint density at radius 1 is 1.50 bits per heavy atom. The first-order valence-corrected chi connectivity index (χ1v) is 6.93. The summed E-state index contributed by atoms with van der Waals surface area (Å²) in [4.78, 5) is 17.8. The van der Waals surface area contributed by atoms with Crippen LogP contribution in [0, 0.1) is 11.5 Å². The van der Waals surface area contributed by atoms with Crippen molar-refractivity contribution in [1.29, 1.82) is 5.26 Å². The summed E-state index contributed by atoms with van der Waals surface area (Å²) in [6.07, 6.45) is 3.62. The van der Waals surface area contributed by atoms with Crippen LogP contribution in [0.5, 0.6) is 5.75 Å². The summed E-state index contributed by atoms with van der Waals surface area (Å²) >= 11 is 1.31. The topological polar surface area (TPSA) is 77.7 Å². The average Bonchev–Trinajstić information content (AvgIpc) is 2.45. The van der Waals surface area contributed by atoms with Crippen molar-refractivity contribution in [3.63, 3.8) is 0 Å². The van der Waals surface area contributed by atoms with Crippen molar-refractivity contribution in [3.8, 4) is 11.9 Å². The third-order valence-electron chi connectivity index (χ3n) is 2.41. The molecule has 0 fully saturated rings. The molecule has 0 aliphatic heterocycles. The molecule has 0 heterocycles. The van der Waals surface area contributed by atoms with E-state index in [2.05, 4.69) is 10.3 Å². The summed E-state index contributed by atoms with van der Waals surface area (Å²) in [5.41, 5.74) is 0.999. The highest BCUT2D eigenvalue weighted by Crippen LogP contribution is 2.25. The van der Waals surface area contributed by atoms with E-state index < -0.39 is 0 Å². The number of carbonyl (C=O) groups excluding carboxylic acids is 1. The zero-order valence-electron chi connectivity index (χ0n) is 11.8. The second kappa shape index (κ2) is 7.40. The summed E-state index contributed by atoms with van der Waals surface area (Å²) in [7, 11) is 4.85. The highest BCUT2D eigenvalue weighted by Gasteiger charge is 2.15. The van der Waals surface area contributed by atoms with E-state index in [1.165, 1.54) is 23.8 Å². The van der Waals surface area contributed by atoms with Gasteiger partial charge < -0.3 is 9.64 Å². The van der Waals surface area contributed by atoms with Crippen LogP contribution in [0.15, 0.2) is 23.2 Å². The van der Waals surface area contributed by atoms with Crippen LogP contribution in [0.1, 0.15) is 10.4 Å². The van der Waals surface area contributed by atoms with E-state index in [9.17, 15) is 4.79 Å². The number of aliphatic imine (C=N–C) groups is 1. The molecule has 0 spiro atoms. The fraction of sp³-hybridized carbons (Fsp3) is 0.308. The Morgan fingerprint density at radius 2 is 2.20 bits per heavy atom. The first-order chi connectivity index (χ1) is 9.53. The molecule has 1 N–H and O–H groups in total. The molecule has 0 aromatic heterocycles. The number of amidine groups is 1. The van der Waals surface area contributed by atoms with Crippen LogP contribution in [-0.4, -0.2) is 43.4 Å². The number of amides is 1. The summed E-state index contributed by atoms with van der Waals surface area (Å²) in [5, 5.41) is 11.5. The summed E-state index contributed by atoms with van der Waals surface area (Å²) in [5.74, 6) is 0.319. The number of ether oxygens (including phenoxy) is 1. The van der Waals surface area contributed by atoms with E-state index in [0.717, 1.165) is 0 Å². The number of rotatable bonds is 3. The number of hydrogen-bond acceptors (Lipinski definition) is 5. The normalized spacial score (nSPS) is 10.7. The van der Waals surface area contributed by atoms with E-state index in [1.54, 1.807) is 38.6 Å². The molecular weight excluding hydrogens is 276 g/mol. The molecule has 1 rings (SSSR count). The van der Waals surface area contributed by atoms with Gasteiger partial charge in [0.15, 0.2) is 11.4 Å². The van der Waals surface area contributed by atoms with Gasteiger partial charge in [0.2, 0.25) is 0 Å². The van der Waals surface area contributed by atoms with Gasteiger partial charge in [0.25, 0.3) is 5.91 Å². The van der Waals surface area contributed by atoms with Crippen LogP contribution in [-0.2, 0) is 0 Å². The molecule has 0 radical (unpaired) electrons. The van der Waals surface area contributed by atoms with Crippen LogP contribution < -0.4 is 10.1 Å². The van der Waals surface area contributed by atoms with Crippen LogP contribution in [0.3, 0.4) is 0 Å². The van der Waals surface area contributed by atoms with Gasteiger partial charge in [-0.3, -0.25) is 10.1 Å². The molecule has 6 nitrogen and oxygen atoms in total. The average molecular weight is 292 g/mol. The largest absolute Gasteiger partial charge is 0.496 e. The highest BCUT2D eigenvalue weighted by molar-refractivity contribution is 8.13. The van der Waals surface area contributed by atoms with Gasteiger partial charge >= 0.3 is 0 Å². The predicted molar refractivity (Wildman–Crippen MR) is 80.4 cm³/mol. The minimum absolute atomic E-state index is 0.169. The molecule has 0 aliphatic carbocycles. The van der Waals surface area contributed by atoms with E-state index in [4.69, 9.17) is 10.00 Å². The molecule has 0 unspecified atom stereocenters. The number of nitrogens with zero attached hydrogens (tertiary/aromatic N) is 3. The lowest BCUT2D eigenvalue weighted by molar-refractivity contribution is 0.0824. The van der Waals surface area contributed by atoms with Crippen LogP contribution in [0.2, 0.25) is 0 Å². The lowest BCUT2D eigenvalue weighted by Gasteiger charge is -2.13. The summed E-state index contributed by atoms with van der Waals surface area (Å²) < 4.78 is 5.18. The Hall–Kier alpha value is -2.20. The Morgan fingerprint density at radius 3 is 2.70 bits per heavy atom. The van der Waals surface area contributed by atoms with E-state index in [0.29, 0.717) is 22.2 Å². The van der Waals surface area contributed by atoms with Crippen molar-refractivity contribution in [2.24, 2.45) is 4.99 Å². The third-order valence-corrected chi connectivity index (χ3v) is 2.99. The monoisotopic (exact) mass is 292 g/mol. The number of thioether (sulfide) groups is 1. The zero-order chi connectivity index (χ0) is 15.1. The minimum Gasteiger partial charge on any atom is -0.496 e. The van der Waals surface area contributed by atoms with Crippen molar-refractivity contribution in [3.05, 3.63) is 23.8 Å². The number of nitriles is 1. The van der Waals surface area contributed by atoms with Gasteiger partial charge in [0.05, 0.1) is 18.4 Å². The molecule has 0 aliphatic rings. The Labute approximate surface area is 122 Å². The molecule has 0 atom stereocenters. The number of nitrogens with one attached hydrogen (secondary N) is 1. The SMILES string of the molecule is COc1ccc(N=C(NC#N)SC)cc1C(=O)N(C)C. The Kier molecular flexibility index (Phi) is 5.87. The number of carbonyl (C=O) groups is 1. The van der Waals surface area contributed by atoms with Crippen molar-refractivity contribution in [2.75, 3.05) is 27.5 Å². The van der Waals surface area contributed by atoms with Gasteiger partial charge in [-0.1, -0.05) is 11.8 Å². The van der Waals surface area contributed by atoms with E-state index in [1.807, 2.05) is 6.19 Å². The van der Waals surface area contributed by atoms with E-state index >= 15 is 0 Å². The quantitative estimate of drug-likeness (QED) is 0.398. The molecule has 0 saturated heterocycles. The number of benzene rings is 1. The highest BCUT2D eigenvalue weighted by atomic mass is 32.2. The second-order valence-corrected chi connectivity index (χ2v) is 4.74. The summed E-state index contributed by atoms with van der Waals surface area (Å²) in [6, 6.07) is 5.04. The van der Waals surface area contributed by atoms with Crippen LogP contribution in [0.4, 0.5) is 5.69 Å². The molecule has 106 valence electrons. The fourth-order valence-corrected chi connectivity index (χ4v) is 1.81. The van der Waals surface area contributed by atoms with Crippen molar-refractivity contribution < 1.29 is 9.53 Å². The number of hydrogen-bond donors (Lipinski definition) is 1. The zero-order valence-corrected chi connectivity index (χ0v) is 12.6.